The quantitative estimate of drug-likeness (QED) is 0.197. The molecule has 0 fully saturated rings. The summed E-state index contributed by atoms with van der Waals surface area (Å²) in [5.74, 6) is -0.186. The predicted octanol–water partition coefficient (Wildman–Crippen LogP) is 4.19. The highest BCUT2D eigenvalue weighted by Gasteiger charge is 2.17. The summed E-state index contributed by atoms with van der Waals surface area (Å²) in [7, 11) is 1.39. The summed E-state index contributed by atoms with van der Waals surface area (Å²) in [6.45, 7) is -0.337. The second-order valence-corrected chi connectivity index (χ2v) is 8.53. The van der Waals surface area contributed by atoms with Gasteiger partial charge in [0.2, 0.25) is 11.8 Å². The van der Waals surface area contributed by atoms with Crippen LogP contribution in [-0.4, -0.2) is 55.6 Å². The van der Waals surface area contributed by atoms with Gasteiger partial charge in [-0.1, -0.05) is 35.3 Å². The van der Waals surface area contributed by atoms with Gasteiger partial charge in [0.25, 0.3) is 5.91 Å². The number of amides is 3. The van der Waals surface area contributed by atoms with Gasteiger partial charge in [-0.05, 0) is 29.8 Å². The van der Waals surface area contributed by atoms with Crippen LogP contribution in [0.1, 0.15) is 5.56 Å². The number of halogens is 2. The zero-order valence-electron chi connectivity index (χ0n) is 20.2. The molecule has 0 spiro atoms. The molecule has 4 aromatic rings. The summed E-state index contributed by atoms with van der Waals surface area (Å²) in [6.07, 6.45) is 1.19. The first kappa shape index (κ1) is 27.6. The highest BCUT2D eigenvalue weighted by Crippen LogP contribution is 2.39. The van der Waals surface area contributed by atoms with E-state index in [9.17, 15) is 19.8 Å². The number of aliphatic hydroxyl groups is 1. The normalized spacial score (nSPS) is 10.7. The molecule has 4 rings (SSSR count). The van der Waals surface area contributed by atoms with Gasteiger partial charge in [0.15, 0.2) is 0 Å². The van der Waals surface area contributed by atoms with E-state index in [0.29, 0.717) is 11.3 Å². The van der Waals surface area contributed by atoms with Crippen LogP contribution in [0.4, 0.5) is 22.1 Å². The van der Waals surface area contributed by atoms with Gasteiger partial charge in [-0.2, -0.15) is 0 Å². The summed E-state index contributed by atoms with van der Waals surface area (Å²) in [5.41, 5.74) is 1.29. The maximum Gasteiger partial charge on any atom is 0.324 e. The van der Waals surface area contributed by atoms with Crippen LogP contribution in [0.25, 0.3) is 5.69 Å². The Bertz CT molecular complexity index is 1510. The van der Waals surface area contributed by atoms with Crippen LogP contribution >= 0.6 is 23.2 Å². The molecule has 202 valence electrons. The van der Waals surface area contributed by atoms with Crippen molar-refractivity contribution in [2.45, 2.75) is 6.61 Å². The van der Waals surface area contributed by atoms with Crippen molar-refractivity contribution >= 4 is 52.5 Å². The van der Waals surface area contributed by atoms with Crippen molar-refractivity contribution in [1.82, 2.24) is 19.7 Å². The van der Waals surface area contributed by atoms with E-state index >= 15 is 0 Å². The topological polar surface area (TPSA) is 173 Å². The molecule has 39 heavy (non-hydrogen) atoms. The highest BCUT2D eigenvalue weighted by atomic mass is 35.5. The van der Waals surface area contributed by atoms with Crippen molar-refractivity contribution in [2.24, 2.45) is 0 Å². The van der Waals surface area contributed by atoms with Crippen LogP contribution < -0.4 is 20.7 Å². The maximum atomic E-state index is 12.7. The van der Waals surface area contributed by atoms with Crippen LogP contribution in [0, 0.1) is 0 Å². The minimum absolute atomic E-state index is 0.0125. The molecular weight excluding hydrogens is 553 g/mol. The molecule has 0 saturated heterocycles. The number of carbonyl (C=O) groups excluding carboxylic acids is 2. The molecule has 5 N–H and O–H groups in total. The first-order valence-electron chi connectivity index (χ1n) is 11.1. The number of urea groups is 1. The second-order valence-electron chi connectivity index (χ2n) is 7.77. The van der Waals surface area contributed by atoms with Gasteiger partial charge in [0.1, 0.15) is 35.3 Å². The lowest BCUT2D eigenvalue weighted by Gasteiger charge is -2.14. The number of aliphatic hydroxyl groups excluding tert-OH is 1. The van der Waals surface area contributed by atoms with E-state index in [1.54, 1.807) is 24.3 Å². The third-order valence-electron chi connectivity index (χ3n) is 4.97. The fraction of sp³-hybridized carbons (Fsp3) is 0.125. The van der Waals surface area contributed by atoms with E-state index in [-0.39, 0.29) is 58.1 Å². The van der Waals surface area contributed by atoms with E-state index in [1.807, 2.05) is 0 Å². The number of nitrogens with zero attached hydrogens (tertiary/aromatic N) is 4. The van der Waals surface area contributed by atoms with Crippen molar-refractivity contribution in [3.05, 3.63) is 70.5 Å². The molecule has 0 bridgehead atoms. The minimum Gasteiger partial charge on any atom is -0.492 e. The standard InChI is InChI=1S/C24H21Cl2N7O6/c1-38-11-20(36)30-17-8-21(28-12-27-17)39-16-6-5-15(22(25)23(16)26)29-24(37)31-18-9-19(35)32-33(18)14-4-2-3-13(7-14)10-34/h2-9,12,34H,10-11H2,1H3,(H,32,35)(H2,29,31,37)(H,27,28,30,36). The van der Waals surface area contributed by atoms with Gasteiger partial charge in [-0.15, -0.1) is 5.10 Å². The number of anilines is 3. The molecule has 0 radical (unpaired) electrons. The van der Waals surface area contributed by atoms with Crippen LogP contribution in [0.15, 0.2) is 54.9 Å². The zero-order valence-corrected chi connectivity index (χ0v) is 21.7. The van der Waals surface area contributed by atoms with Crippen molar-refractivity contribution in [3.8, 4) is 23.2 Å². The number of ether oxygens (including phenoxy) is 2. The number of methoxy groups -OCH3 is 1. The van der Waals surface area contributed by atoms with Crippen LogP contribution in [0.5, 0.6) is 17.5 Å². The molecule has 0 aliphatic heterocycles. The average molecular weight is 574 g/mol. The lowest BCUT2D eigenvalue weighted by molar-refractivity contribution is -0.119. The molecule has 0 atom stereocenters. The summed E-state index contributed by atoms with van der Waals surface area (Å²) >= 11 is 12.7. The van der Waals surface area contributed by atoms with Gasteiger partial charge >= 0.3 is 6.03 Å². The second kappa shape index (κ2) is 12.4. The van der Waals surface area contributed by atoms with Gasteiger partial charge in [-0.3, -0.25) is 10.1 Å². The van der Waals surface area contributed by atoms with Crippen molar-refractivity contribution in [2.75, 3.05) is 29.7 Å². The SMILES string of the molecule is COCC(=O)Nc1cc(Oc2ccc(NC(=O)Nc3cc(O)nn3-c3cccc(CO)c3)c(Cl)c2Cl)ncn1. The molecule has 13 nitrogen and oxygen atoms in total. The number of hydrogen-bond acceptors (Lipinski definition) is 9. The summed E-state index contributed by atoms with van der Waals surface area (Å²) in [5, 5.41) is 30.9. The van der Waals surface area contributed by atoms with Crippen LogP contribution in [-0.2, 0) is 16.1 Å². The number of rotatable bonds is 9. The Morgan fingerprint density at radius 2 is 1.85 bits per heavy atom. The van der Waals surface area contributed by atoms with E-state index in [2.05, 4.69) is 31.0 Å². The molecule has 2 aromatic heterocycles. The largest absolute Gasteiger partial charge is 0.492 e. The maximum absolute atomic E-state index is 12.7. The van der Waals surface area contributed by atoms with Crippen molar-refractivity contribution < 1.29 is 29.3 Å². The molecule has 0 aliphatic carbocycles. The molecule has 3 amide bonds. The Balaban J connectivity index is 1.46. The Kier molecular flexibility index (Phi) is 8.78. The minimum atomic E-state index is -0.701. The van der Waals surface area contributed by atoms with E-state index in [4.69, 9.17) is 32.7 Å². The summed E-state index contributed by atoms with van der Waals surface area (Å²) in [4.78, 5) is 32.3. The molecule has 0 saturated carbocycles. The third-order valence-corrected chi connectivity index (χ3v) is 5.83. The molecule has 2 aromatic carbocycles. The first-order valence-corrected chi connectivity index (χ1v) is 11.9. The van der Waals surface area contributed by atoms with E-state index in [0.717, 1.165) is 0 Å². The van der Waals surface area contributed by atoms with Gasteiger partial charge in [0, 0.05) is 19.2 Å². The Morgan fingerprint density at radius 3 is 2.62 bits per heavy atom. The Hall–Kier alpha value is -4.43. The van der Waals surface area contributed by atoms with Gasteiger partial charge < -0.3 is 30.3 Å². The predicted molar refractivity (Wildman–Crippen MR) is 143 cm³/mol. The van der Waals surface area contributed by atoms with Crippen molar-refractivity contribution in [1.29, 1.82) is 0 Å². The average Bonchev–Trinajstić information content (AvgIpc) is 3.28. The molecular formula is C24H21Cl2N7O6. The van der Waals surface area contributed by atoms with Gasteiger partial charge in [-0.25, -0.2) is 19.4 Å². The molecule has 15 heteroatoms. The number of benzene rings is 2. The number of nitrogens with one attached hydrogen (secondary N) is 3. The van der Waals surface area contributed by atoms with Crippen LogP contribution in [0.2, 0.25) is 10.0 Å². The number of carbonyl (C=O) groups is 2. The lowest BCUT2D eigenvalue weighted by atomic mass is 10.2. The number of hydrogen-bond donors (Lipinski definition) is 5. The summed E-state index contributed by atoms with van der Waals surface area (Å²) in [6, 6.07) is 11.6. The number of aromatic nitrogens is 4. The smallest absolute Gasteiger partial charge is 0.324 e. The molecule has 0 unspecified atom stereocenters. The molecule has 0 aliphatic rings. The fourth-order valence-corrected chi connectivity index (χ4v) is 3.71. The Morgan fingerprint density at radius 1 is 1.03 bits per heavy atom. The monoisotopic (exact) mass is 573 g/mol. The zero-order chi connectivity index (χ0) is 27.9. The van der Waals surface area contributed by atoms with Crippen molar-refractivity contribution in [3.63, 3.8) is 0 Å². The van der Waals surface area contributed by atoms with E-state index in [1.165, 1.54) is 42.4 Å². The van der Waals surface area contributed by atoms with Crippen LogP contribution in [0.3, 0.4) is 0 Å². The Labute approximate surface area is 231 Å². The number of aromatic hydroxyl groups is 1. The summed E-state index contributed by atoms with van der Waals surface area (Å²) < 4.78 is 11.7. The van der Waals surface area contributed by atoms with E-state index < -0.39 is 11.9 Å². The highest BCUT2D eigenvalue weighted by molar-refractivity contribution is 6.45. The fourth-order valence-electron chi connectivity index (χ4n) is 3.30. The third kappa shape index (κ3) is 6.91. The van der Waals surface area contributed by atoms with Gasteiger partial charge in [0.05, 0.1) is 23.0 Å². The lowest BCUT2D eigenvalue weighted by Crippen LogP contribution is -2.21. The first-order chi connectivity index (χ1) is 18.8. The molecule has 2 heterocycles.